The Hall–Kier alpha value is -4.00. The first-order valence-electron chi connectivity index (χ1n) is 9.30. The van der Waals surface area contributed by atoms with Gasteiger partial charge in [0.2, 0.25) is 0 Å². The third-order valence-electron chi connectivity index (χ3n) is 4.87. The fourth-order valence-electron chi connectivity index (χ4n) is 3.45. The highest BCUT2D eigenvalue weighted by atomic mass is 16.6. The normalized spacial score (nSPS) is 15.6. The van der Waals surface area contributed by atoms with Gasteiger partial charge in [0, 0.05) is 29.9 Å². The molecule has 0 bridgehead atoms. The molecule has 1 atom stereocenters. The van der Waals surface area contributed by atoms with Crippen molar-refractivity contribution in [1.82, 2.24) is 9.63 Å². The van der Waals surface area contributed by atoms with E-state index in [0.29, 0.717) is 11.3 Å². The summed E-state index contributed by atoms with van der Waals surface area (Å²) in [5.41, 5.74) is 2.04. The molecule has 152 valence electrons. The van der Waals surface area contributed by atoms with E-state index in [0.717, 1.165) is 16.5 Å². The number of esters is 1. The van der Waals surface area contributed by atoms with Gasteiger partial charge in [-0.05, 0) is 23.8 Å². The Labute approximate surface area is 173 Å². The summed E-state index contributed by atoms with van der Waals surface area (Å²) in [6.07, 6.45) is 5.99. The average molecular weight is 404 g/mol. The lowest BCUT2D eigenvalue weighted by molar-refractivity contribution is -0.136. The van der Waals surface area contributed by atoms with Crippen LogP contribution in [0.25, 0.3) is 10.9 Å². The molecule has 1 aromatic heterocycles. The third-order valence-corrected chi connectivity index (χ3v) is 4.87. The van der Waals surface area contributed by atoms with Gasteiger partial charge in [0.1, 0.15) is 12.9 Å². The molecule has 0 saturated heterocycles. The van der Waals surface area contributed by atoms with E-state index in [1.54, 1.807) is 48.4 Å². The summed E-state index contributed by atoms with van der Waals surface area (Å²) in [6, 6.07) is 16.4. The number of para-hydroxylation sites is 2. The number of allylic oxidation sites excluding steroid dienone is 1. The molecule has 0 saturated carbocycles. The van der Waals surface area contributed by atoms with Crippen LogP contribution in [0, 0.1) is 0 Å². The van der Waals surface area contributed by atoms with Crippen LogP contribution in [0.15, 0.2) is 84.8 Å². The smallest absolute Gasteiger partial charge is 0.423 e. The van der Waals surface area contributed by atoms with Crippen LogP contribution in [0.1, 0.15) is 11.5 Å². The molecule has 2 heterocycles. The Bertz CT molecular complexity index is 1150. The first-order chi connectivity index (χ1) is 14.6. The Balaban J connectivity index is 1.69. The van der Waals surface area contributed by atoms with Crippen LogP contribution in [-0.4, -0.2) is 35.9 Å². The van der Waals surface area contributed by atoms with Crippen molar-refractivity contribution in [2.75, 3.05) is 14.2 Å². The van der Waals surface area contributed by atoms with E-state index in [2.05, 4.69) is 0 Å². The lowest BCUT2D eigenvalue weighted by atomic mass is 9.89. The number of carbonyl (C=O) groups excluding carboxylic acids is 2. The van der Waals surface area contributed by atoms with Crippen LogP contribution in [0.2, 0.25) is 0 Å². The van der Waals surface area contributed by atoms with E-state index in [4.69, 9.17) is 14.3 Å². The van der Waals surface area contributed by atoms with Crippen molar-refractivity contribution in [1.29, 1.82) is 0 Å². The number of methoxy groups -OCH3 is 1. The Morgan fingerprint density at radius 2 is 1.70 bits per heavy atom. The molecule has 0 spiro atoms. The molecule has 0 fully saturated rings. The number of benzene rings is 2. The second-order valence-electron chi connectivity index (χ2n) is 6.59. The molecule has 4 rings (SSSR count). The van der Waals surface area contributed by atoms with E-state index >= 15 is 0 Å². The van der Waals surface area contributed by atoms with Crippen molar-refractivity contribution >= 4 is 23.0 Å². The first-order valence-corrected chi connectivity index (χ1v) is 9.30. The van der Waals surface area contributed by atoms with Gasteiger partial charge in [-0.2, -0.15) is 4.73 Å². The number of aromatic nitrogens is 1. The molecule has 7 nitrogen and oxygen atoms in total. The largest absolute Gasteiger partial charge is 0.466 e. The van der Waals surface area contributed by atoms with Crippen molar-refractivity contribution in [3.8, 4) is 5.75 Å². The van der Waals surface area contributed by atoms with Crippen LogP contribution >= 0.6 is 0 Å². The van der Waals surface area contributed by atoms with Crippen LogP contribution < -0.4 is 9.57 Å². The number of hydrogen-bond acceptors (Lipinski definition) is 5. The zero-order valence-corrected chi connectivity index (χ0v) is 16.5. The first kappa shape index (κ1) is 19.3. The predicted octanol–water partition coefficient (Wildman–Crippen LogP) is 3.87. The third kappa shape index (κ3) is 3.53. The monoisotopic (exact) mass is 404 g/mol. The number of ether oxygens (including phenoxy) is 2. The van der Waals surface area contributed by atoms with Gasteiger partial charge >= 0.3 is 12.1 Å². The maximum Gasteiger partial charge on any atom is 0.423 e. The van der Waals surface area contributed by atoms with Crippen LogP contribution in [0.5, 0.6) is 5.75 Å². The number of amides is 1. The maximum absolute atomic E-state index is 12.6. The van der Waals surface area contributed by atoms with E-state index in [-0.39, 0.29) is 0 Å². The fraction of sp³-hybridized carbons (Fsp3) is 0.130. The summed E-state index contributed by atoms with van der Waals surface area (Å²) in [4.78, 5) is 31.8. The van der Waals surface area contributed by atoms with Gasteiger partial charge in [-0.1, -0.05) is 42.5 Å². The topological polar surface area (TPSA) is 70.0 Å². The number of carbonyl (C=O) groups is 2. The van der Waals surface area contributed by atoms with Gasteiger partial charge < -0.3 is 14.3 Å². The standard InChI is InChI=1S/C23H20N2O5/c1-28-22(26)20-14-24(23(27)30-16-8-4-3-5-9-16)13-12-17(20)19-15-25(29-2)21-11-7-6-10-18(19)21/h3-15,17H,1-2H3. The second-order valence-corrected chi connectivity index (χ2v) is 6.59. The molecule has 30 heavy (non-hydrogen) atoms. The van der Waals surface area contributed by atoms with Crippen molar-refractivity contribution in [3.63, 3.8) is 0 Å². The zero-order valence-electron chi connectivity index (χ0n) is 16.5. The molecule has 0 N–H and O–H groups in total. The van der Waals surface area contributed by atoms with Gasteiger partial charge in [0.15, 0.2) is 0 Å². The second kappa shape index (κ2) is 8.16. The molecule has 0 radical (unpaired) electrons. The van der Waals surface area contributed by atoms with E-state index in [1.807, 2.05) is 36.5 Å². The summed E-state index contributed by atoms with van der Waals surface area (Å²) < 4.78 is 12.0. The summed E-state index contributed by atoms with van der Waals surface area (Å²) >= 11 is 0. The lowest BCUT2D eigenvalue weighted by Crippen LogP contribution is -2.29. The van der Waals surface area contributed by atoms with Crippen LogP contribution in [0.3, 0.4) is 0 Å². The minimum Gasteiger partial charge on any atom is -0.466 e. The molecule has 3 aromatic rings. The zero-order chi connectivity index (χ0) is 21.1. The Kier molecular flexibility index (Phi) is 5.26. The van der Waals surface area contributed by atoms with Crippen molar-refractivity contribution in [2.24, 2.45) is 0 Å². The molecule has 2 aromatic carbocycles. The highest BCUT2D eigenvalue weighted by Gasteiger charge is 2.30. The highest BCUT2D eigenvalue weighted by molar-refractivity contribution is 5.94. The van der Waals surface area contributed by atoms with Gasteiger partial charge in [0.05, 0.1) is 18.2 Å². The number of rotatable bonds is 4. The molecule has 1 aliphatic rings. The fourth-order valence-corrected chi connectivity index (χ4v) is 3.45. The van der Waals surface area contributed by atoms with Gasteiger partial charge in [-0.3, -0.25) is 4.90 Å². The summed E-state index contributed by atoms with van der Waals surface area (Å²) in [6.45, 7) is 0. The summed E-state index contributed by atoms with van der Waals surface area (Å²) in [7, 11) is 2.88. The quantitative estimate of drug-likeness (QED) is 0.618. The average Bonchev–Trinajstić information content (AvgIpc) is 3.17. The van der Waals surface area contributed by atoms with Crippen LogP contribution in [0.4, 0.5) is 4.79 Å². The number of hydrogen-bond donors (Lipinski definition) is 0. The number of fused-ring (bicyclic) bond motifs is 1. The van der Waals surface area contributed by atoms with Crippen LogP contribution in [-0.2, 0) is 9.53 Å². The predicted molar refractivity (Wildman–Crippen MR) is 111 cm³/mol. The maximum atomic E-state index is 12.6. The molecule has 1 amide bonds. The van der Waals surface area contributed by atoms with E-state index in [9.17, 15) is 9.59 Å². The summed E-state index contributed by atoms with van der Waals surface area (Å²) in [5, 5.41) is 0.934. The molecule has 0 aliphatic carbocycles. The SMILES string of the molecule is COC(=O)C1=CN(C(=O)Oc2ccccc2)C=CC1c1cn(OC)c2ccccc12. The van der Waals surface area contributed by atoms with Gasteiger partial charge in [0.25, 0.3) is 0 Å². The Morgan fingerprint density at radius 1 is 0.967 bits per heavy atom. The van der Waals surface area contributed by atoms with Gasteiger partial charge in [-0.25, -0.2) is 9.59 Å². The Morgan fingerprint density at radius 3 is 2.43 bits per heavy atom. The van der Waals surface area contributed by atoms with Gasteiger partial charge in [-0.15, -0.1) is 0 Å². The molecule has 1 aliphatic heterocycles. The molecule has 7 heteroatoms. The number of nitrogens with zero attached hydrogens (tertiary/aromatic N) is 2. The minimum atomic E-state index is -0.628. The van der Waals surface area contributed by atoms with E-state index < -0.39 is 18.0 Å². The van der Waals surface area contributed by atoms with Crippen molar-refractivity contribution in [2.45, 2.75) is 5.92 Å². The molecular weight excluding hydrogens is 384 g/mol. The van der Waals surface area contributed by atoms with E-state index in [1.165, 1.54) is 18.2 Å². The van der Waals surface area contributed by atoms with Crippen molar-refractivity contribution < 1.29 is 23.9 Å². The summed E-state index contributed by atoms with van der Waals surface area (Å²) in [5.74, 6) is -0.537. The minimum absolute atomic E-state index is 0.309. The highest BCUT2D eigenvalue weighted by Crippen LogP contribution is 2.36. The lowest BCUT2D eigenvalue weighted by Gasteiger charge is -2.24. The van der Waals surface area contributed by atoms with Crippen molar-refractivity contribution in [3.05, 3.63) is 90.4 Å². The molecule has 1 unspecified atom stereocenters. The molecular formula is C23H20N2O5.